The maximum atomic E-state index is 14.0. The molecule has 4 unspecified atom stereocenters. The first-order chi connectivity index (χ1) is 18.3. The molecule has 38 heavy (non-hydrogen) atoms. The van der Waals surface area contributed by atoms with E-state index in [1.54, 1.807) is 0 Å². The third-order valence-corrected chi connectivity index (χ3v) is 10.8. The van der Waals surface area contributed by atoms with E-state index in [0.717, 1.165) is 73.2 Å². The van der Waals surface area contributed by atoms with E-state index in [2.05, 4.69) is 53.3 Å². The highest BCUT2D eigenvalue weighted by atomic mass is 32.2. The van der Waals surface area contributed by atoms with E-state index >= 15 is 0 Å². The van der Waals surface area contributed by atoms with Gasteiger partial charge < -0.3 is 10.2 Å². The van der Waals surface area contributed by atoms with Crippen molar-refractivity contribution in [3.05, 3.63) is 52.9 Å². The highest BCUT2D eigenvalue weighted by Crippen LogP contribution is 2.59. The van der Waals surface area contributed by atoms with E-state index in [9.17, 15) is 15.0 Å². The van der Waals surface area contributed by atoms with Crippen molar-refractivity contribution in [1.29, 1.82) is 0 Å². The Labute approximate surface area is 231 Å². The van der Waals surface area contributed by atoms with Gasteiger partial charge in [-0.05, 0) is 87.8 Å². The van der Waals surface area contributed by atoms with Gasteiger partial charge in [0.25, 0.3) is 0 Å². The number of aromatic amines is 1. The van der Waals surface area contributed by atoms with Crippen molar-refractivity contribution >= 4 is 17.5 Å². The lowest BCUT2D eigenvalue weighted by Crippen LogP contribution is -2.46. The molecular weight excluding hydrogens is 494 g/mol. The van der Waals surface area contributed by atoms with Crippen LogP contribution in [0.15, 0.2) is 41.3 Å². The van der Waals surface area contributed by atoms with E-state index < -0.39 is 17.1 Å². The molecular formula is C31H43N3O3S. The monoisotopic (exact) mass is 537 g/mol. The van der Waals surface area contributed by atoms with Crippen molar-refractivity contribution in [3.8, 4) is 0 Å². The molecule has 206 valence electrons. The minimum Gasteiger partial charge on any atom is -0.393 e. The fourth-order valence-corrected chi connectivity index (χ4v) is 8.32. The van der Waals surface area contributed by atoms with Crippen molar-refractivity contribution in [1.82, 2.24) is 15.2 Å². The quantitative estimate of drug-likeness (QED) is 0.232. The van der Waals surface area contributed by atoms with Crippen LogP contribution in [0.3, 0.4) is 0 Å². The van der Waals surface area contributed by atoms with Gasteiger partial charge in [-0.2, -0.15) is 5.10 Å². The van der Waals surface area contributed by atoms with E-state index in [4.69, 9.17) is 0 Å². The van der Waals surface area contributed by atoms with Gasteiger partial charge in [-0.1, -0.05) is 61.7 Å². The molecule has 2 aromatic rings. The molecule has 1 aromatic heterocycles. The highest BCUT2D eigenvalue weighted by Gasteiger charge is 2.56. The summed E-state index contributed by atoms with van der Waals surface area (Å²) in [6, 6.07) is 6.36. The minimum atomic E-state index is -0.895. The number of hydrogen-bond donors (Lipinski definition) is 3. The number of H-pyrrole nitrogens is 1. The standard InChI is InChI=1S/C31H43N3O3S/c1-21-7-6-15-30(2)27(14-16-31(30,37)19-38-29-32-20-33-34-29)25-13-11-22(17-24(35)12-10-21)18-26(25)28(36)23-8-4-3-5-9-23/h7,11,13,18,20,23-24,27,35,37H,3-6,8-10,12,14-17,19H2,1-2H3,(H,32,33,34). The summed E-state index contributed by atoms with van der Waals surface area (Å²) in [5.41, 5.74) is 2.97. The summed E-state index contributed by atoms with van der Waals surface area (Å²) in [6.45, 7) is 4.39. The maximum Gasteiger partial charge on any atom is 0.183 e. The molecule has 0 spiro atoms. The summed E-state index contributed by atoms with van der Waals surface area (Å²) in [5.74, 6) is 0.975. The lowest BCUT2D eigenvalue weighted by atomic mass is 9.65. The van der Waals surface area contributed by atoms with E-state index in [0.29, 0.717) is 25.0 Å². The highest BCUT2D eigenvalue weighted by molar-refractivity contribution is 7.99. The van der Waals surface area contributed by atoms with E-state index in [-0.39, 0.29) is 17.6 Å². The van der Waals surface area contributed by atoms with Gasteiger partial charge >= 0.3 is 0 Å². The molecule has 4 aliphatic carbocycles. The van der Waals surface area contributed by atoms with Gasteiger partial charge in [-0.3, -0.25) is 9.89 Å². The summed E-state index contributed by atoms with van der Waals surface area (Å²) in [7, 11) is 0. The number of thioether (sulfide) groups is 1. The zero-order valence-corrected chi connectivity index (χ0v) is 23.7. The second-order valence-electron chi connectivity index (χ2n) is 12.2. The number of aliphatic hydroxyl groups excluding tert-OH is 1. The Hall–Kier alpha value is -1.96. The van der Waals surface area contributed by atoms with Crippen LogP contribution in [0, 0.1) is 11.3 Å². The maximum absolute atomic E-state index is 14.0. The third-order valence-electron chi connectivity index (χ3n) is 9.75. The Balaban J connectivity index is 1.55. The molecule has 7 heteroatoms. The summed E-state index contributed by atoms with van der Waals surface area (Å²) in [6.07, 6.45) is 14.2. The van der Waals surface area contributed by atoms with Gasteiger partial charge in [0.1, 0.15) is 6.33 Å². The Morgan fingerprint density at radius 2 is 1.97 bits per heavy atom. The third kappa shape index (κ3) is 5.66. The van der Waals surface area contributed by atoms with Gasteiger partial charge in [0.2, 0.25) is 0 Å². The predicted octanol–water partition coefficient (Wildman–Crippen LogP) is 6.40. The topological polar surface area (TPSA) is 99.1 Å². The number of ketones is 1. The molecule has 0 amide bonds. The molecule has 3 N–H and O–H groups in total. The first kappa shape index (κ1) is 27.6. The number of Topliss-reactive ketones (excluding diaryl/α,β-unsaturated/α-hetero) is 1. The minimum absolute atomic E-state index is 0.0840. The number of carbonyl (C=O) groups excluding carboxylic acids is 1. The largest absolute Gasteiger partial charge is 0.393 e. The van der Waals surface area contributed by atoms with Crippen molar-refractivity contribution < 1.29 is 15.0 Å². The zero-order chi connectivity index (χ0) is 26.8. The molecule has 1 heterocycles. The molecule has 0 aliphatic heterocycles. The van der Waals surface area contributed by atoms with Crippen LogP contribution < -0.4 is 0 Å². The number of nitrogens with zero attached hydrogens (tertiary/aromatic N) is 2. The number of benzene rings is 1. The lowest BCUT2D eigenvalue weighted by Gasteiger charge is -2.44. The van der Waals surface area contributed by atoms with Crippen molar-refractivity contribution in [3.63, 3.8) is 0 Å². The molecule has 6 nitrogen and oxygen atoms in total. The fourth-order valence-electron chi connectivity index (χ4n) is 7.23. The molecule has 0 saturated heterocycles. The molecule has 6 rings (SSSR count). The molecule has 2 fully saturated rings. The van der Waals surface area contributed by atoms with Crippen LogP contribution in [0.2, 0.25) is 0 Å². The van der Waals surface area contributed by atoms with Crippen LogP contribution in [-0.2, 0) is 6.42 Å². The van der Waals surface area contributed by atoms with Gasteiger partial charge in [0, 0.05) is 22.6 Å². The number of allylic oxidation sites excluding steroid dienone is 2. The number of nitrogens with one attached hydrogen (secondary N) is 1. The Kier molecular flexibility index (Phi) is 8.46. The van der Waals surface area contributed by atoms with Gasteiger partial charge in [-0.25, -0.2) is 4.98 Å². The van der Waals surface area contributed by atoms with Gasteiger partial charge in [0.15, 0.2) is 10.9 Å². The van der Waals surface area contributed by atoms with Crippen LogP contribution in [0.1, 0.15) is 112 Å². The number of aromatic nitrogens is 3. The smallest absolute Gasteiger partial charge is 0.183 e. The lowest BCUT2D eigenvalue weighted by molar-refractivity contribution is -0.0422. The first-order valence-corrected chi connectivity index (χ1v) is 15.5. The summed E-state index contributed by atoms with van der Waals surface area (Å²) < 4.78 is 0. The summed E-state index contributed by atoms with van der Waals surface area (Å²) in [5, 5.41) is 30.6. The average Bonchev–Trinajstić information content (AvgIpc) is 3.53. The van der Waals surface area contributed by atoms with Crippen LogP contribution in [0.25, 0.3) is 0 Å². The van der Waals surface area contributed by atoms with Crippen LogP contribution in [-0.4, -0.2) is 48.6 Å². The number of carbonyl (C=O) groups is 1. The first-order valence-electron chi connectivity index (χ1n) is 14.5. The normalized spacial score (nSPS) is 31.0. The molecule has 4 atom stereocenters. The Morgan fingerprint density at radius 1 is 1.16 bits per heavy atom. The Morgan fingerprint density at radius 3 is 2.74 bits per heavy atom. The van der Waals surface area contributed by atoms with Crippen LogP contribution in [0.5, 0.6) is 0 Å². The summed E-state index contributed by atoms with van der Waals surface area (Å²) in [4.78, 5) is 18.3. The summed E-state index contributed by atoms with van der Waals surface area (Å²) >= 11 is 1.53. The molecule has 0 radical (unpaired) electrons. The number of hydrogen-bond acceptors (Lipinski definition) is 6. The van der Waals surface area contributed by atoms with Crippen LogP contribution >= 0.6 is 11.8 Å². The molecule has 4 aliphatic rings. The van der Waals surface area contributed by atoms with Crippen molar-refractivity contribution in [2.24, 2.45) is 11.3 Å². The molecule has 2 bridgehead atoms. The van der Waals surface area contributed by atoms with Gasteiger partial charge in [0.05, 0.1) is 11.7 Å². The van der Waals surface area contributed by atoms with Crippen molar-refractivity contribution in [2.75, 3.05) is 5.75 Å². The number of aliphatic hydroxyl groups is 2. The van der Waals surface area contributed by atoms with Gasteiger partial charge in [-0.15, -0.1) is 0 Å². The SMILES string of the molecule is CC1=CCCC2(C)C(CCC2(O)CSc2ncn[nH]2)c2ccc(cc2C(=O)C2CCCCC2)CC(O)CC1. The van der Waals surface area contributed by atoms with E-state index in [1.807, 2.05) is 0 Å². The molecule has 2 saturated carbocycles. The van der Waals surface area contributed by atoms with E-state index in [1.165, 1.54) is 30.1 Å². The number of rotatable bonds is 5. The molecule has 1 aromatic carbocycles. The second-order valence-corrected chi connectivity index (χ2v) is 13.2. The zero-order valence-electron chi connectivity index (χ0n) is 22.9. The number of fused-ring (bicyclic) bond motifs is 8. The fraction of sp³-hybridized carbons (Fsp3) is 0.645. The second kappa shape index (κ2) is 11.6. The predicted molar refractivity (Wildman–Crippen MR) is 151 cm³/mol. The van der Waals surface area contributed by atoms with Crippen molar-refractivity contribution in [2.45, 2.75) is 114 Å². The average molecular weight is 538 g/mol. The van der Waals surface area contributed by atoms with Crippen LogP contribution in [0.4, 0.5) is 0 Å². The Bertz CT molecular complexity index is 1140.